The van der Waals surface area contributed by atoms with Gasteiger partial charge in [0.15, 0.2) is 18.1 Å². The first-order valence-corrected chi connectivity index (χ1v) is 6.95. The summed E-state index contributed by atoms with van der Waals surface area (Å²) < 4.78 is 46.6. The topological polar surface area (TPSA) is 125 Å². The number of H-pyrrole nitrogens is 1. The van der Waals surface area contributed by atoms with Gasteiger partial charge >= 0.3 is 6.18 Å². The zero-order chi connectivity index (χ0) is 19.5. The van der Waals surface area contributed by atoms with Crippen molar-refractivity contribution >= 4 is 5.82 Å². The van der Waals surface area contributed by atoms with Crippen molar-refractivity contribution in [2.45, 2.75) is 6.18 Å². The maximum atomic E-state index is 12.3. The van der Waals surface area contributed by atoms with Gasteiger partial charge in [-0.05, 0) is 17.7 Å². The Bertz CT molecular complexity index is 984. The highest BCUT2D eigenvalue weighted by Crippen LogP contribution is 2.36. The van der Waals surface area contributed by atoms with Gasteiger partial charge in [0.1, 0.15) is 29.1 Å². The summed E-state index contributed by atoms with van der Waals surface area (Å²) >= 11 is 0. The van der Waals surface area contributed by atoms with Crippen LogP contribution in [0.4, 0.5) is 19.0 Å². The maximum absolute atomic E-state index is 12.3. The van der Waals surface area contributed by atoms with Crippen LogP contribution in [0.5, 0.6) is 11.5 Å². The number of alkyl halides is 3. The van der Waals surface area contributed by atoms with Crippen molar-refractivity contribution in [3.63, 3.8) is 0 Å². The number of anilines is 1. The molecule has 2 rings (SSSR count). The van der Waals surface area contributed by atoms with Gasteiger partial charge in [-0.15, -0.1) is 0 Å². The molecule has 0 saturated heterocycles. The molecular formula is C16H11F3N4O3. The number of nitrogens with two attached hydrogens (primary N) is 1. The molecule has 1 heterocycles. The number of rotatable bonds is 4. The average Bonchev–Trinajstić information content (AvgIpc) is 2.58. The third-order valence-corrected chi connectivity index (χ3v) is 3.31. The van der Waals surface area contributed by atoms with E-state index < -0.39 is 18.3 Å². The average molecular weight is 364 g/mol. The number of benzene rings is 1. The van der Waals surface area contributed by atoms with Gasteiger partial charge in [0.05, 0.1) is 7.11 Å². The summed E-state index contributed by atoms with van der Waals surface area (Å²) in [6, 6.07) is 7.21. The molecule has 0 aliphatic carbocycles. The van der Waals surface area contributed by atoms with E-state index in [1.165, 1.54) is 25.3 Å². The van der Waals surface area contributed by atoms with E-state index in [1.807, 2.05) is 0 Å². The Balaban J connectivity index is 2.63. The number of methoxy groups -OCH3 is 1. The number of pyridine rings is 1. The summed E-state index contributed by atoms with van der Waals surface area (Å²) in [6.07, 6.45) is -4.53. The maximum Gasteiger partial charge on any atom is 0.422 e. The highest BCUT2D eigenvalue weighted by Gasteiger charge is 2.29. The molecule has 0 saturated carbocycles. The summed E-state index contributed by atoms with van der Waals surface area (Å²) in [6.45, 7) is -1.52. The van der Waals surface area contributed by atoms with Crippen LogP contribution < -0.4 is 20.8 Å². The molecule has 1 aromatic carbocycles. The smallest absolute Gasteiger partial charge is 0.422 e. The van der Waals surface area contributed by atoms with Crippen molar-refractivity contribution in [2.75, 3.05) is 19.5 Å². The number of hydrogen-bond donors (Lipinski definition) is 2. The zero-order valence-electron chi connectivity index (χ0n) is 13.3. The Morgan fingerprint density at radius 2 is 1.85 bits per heavy atom. The predicted octanol–water partition coefficient (Wildman–Crippen LogP) is 2.32. The first-order chi connectivity index (χ1) is 12.2. The predicted molar refractivity (Wildman–Crippen MR) is 84.4 cm³/mol. The molecule has 7 nitrogen and oxygen atoms in total. The molecule has 0 amide bonds. The van der Waals surface area contributed by atoms with Crippen LogP contribution in [0.1, 0.15) is 11.1 Å². The number of halogens is 3. The molecule has 0 spiro atoms. The van der Waals surface area contributed by atoms with Gasteiger partial charge in [-0.1, -0.05) is 6.07 Å². The van der Waals surface area contributed by atoms with Crippen LogP contribution in [0.3, 0.4) is 0 Å². The number of nitrogens with one attached hydrogen (secondary N) is 1. The summed E-state index contributed by atoms with van der Waals surface area (Å²) in [5, 5.41) is 18.5. The minimum absolute atomic E-state index is 0.0445. The lowest BCUT2D eigenvalue weighted by Gasteiger charge is -2.14. The number of nitrogens with zero attached hydrogens (tertiary/aromatic N) is 2. The minimum atomic E-state index is -4.53. The van der Waals surface area contributed by atoms with Gasteiger partial charge in [0.25, 0.3) is 5.56 Å². The Morgan fingerprint density at radius 1 is 1.19 bits per heavy atom. The van der Waals surface area contributed by atoms with E-state index in [1.54, 1.807) is 12.1 Å². The molecule has 0 fully saturated rings. The molecule has 26 heavy (non-hydrogen) atoms. The monoisotopic (exact) mass is 364 g/mol. The number of aromatic amines is 1. The van der Waals surface area contributed by atoms with Crippen LogP contribution in [-0.2, 0) is 0 Å². The highest BCUT2D eigenvalue weighted by atomic mass is 19.4. The van der Waals surface area contributed by atoms with E-state index in [4.69, 9.17) is 10.5 Å². The molecule has 0 aliphatic rings. The van der Waals surface area contributed by atoms with Crippen molar-refractivity contribution in [3.05, 3.63) is 39.7 Å². The second kappa shape index (κ2) is 7.07. The molecule has 1 aromatic heterocycles. The zero-order valence-corrected chi connectivity index (χ0v) is 13.3. The summed E-state index contributed by atoms with van der Waals surface area (Å²) in [5.41, 5.74) is 4.46. The number of ether oxygens (including phenoxy) is 2. The molecule has 0 radical (unpaired) electrons. The lowest BCUT2D eigenvalue weighted by atomic mass is 9.96. The molecule has 3 N–H and O–H groups in total. The quantitative estimate of drug-likeness (QED) is 0.858. The molecular weight excluding hydrogens is 353 g/mol. The van der Waals surface area contributed by atoms with Gasteiger partial charge in [-0.25, -0.2) is 0 Å². The molecule has 134 valence electrons. The van der Waals surface area contributed by atoms with E-state index in [0.717, 1.165) is 0 Å². The van der Waals surface area contributed by atoms with Crippen LogP contribution in [0.25, 0.3) is 11.1 Å². The van der Waals surface area contributed by atoms with Crippen molar-refractivity contribution in [3.8, 4) is 34.8 Å². The Labute approximate surface area is 145 Å². The number of nitrogen functional groups attached to an aromatic ring is 1. The standard InChI is InChI=1S/C16H11F3N4O3/c1-25-12-4-8(2-3-11(12)26-7-16(17,18)19)13-9(5-20)14(22)23-15(24)10(13)6-21/h2-4H,7H2,1H3,(H3,22,23,24). The summed E-state index contributed by atoms with van der Waals surface area (Å²) in [7, 11) is 1.21. The lowest BCUT2D eigenvalue weighted by Crippen LogP contribution is -2.19. The SMILES string of the molecule is COc1cc(-c2c(C#N)c(N)[nH]c(=O)c2C#N)ccc1OCC(F)(F)F. The Hall–Kier alpha value is -3.66. The fourth-order valence-electron chi connectivity index (χ4n) is 2.23. The van der Waals surface area contributed by atoms with E-state index in [2.05, 4.69) is 9.72 Å². The van der Waals surface area contributed by atoms with Gasteiger partial charge in [-0.3, -0.25) is 4.79 Å². The second-order valence-corrected chi connectivity index (χ2v) is 4.99. The third-order valence-electron chi connectivity index (χ3n) is 3.31. The molecule has 2 aromatic rings. The third kappa shape index (κ3) is 3.70. The lowest BCUT2D eigenvalue weighted by molar-refractivity contribution is -0.153. The first kappa shape index (κ1) is 18.7. The first-order valence-electron chi connectivity index (χ1n) is 6.95. The normalized spacial score (nSPS) is 10.7. The second-order valence-electron chi connectivity index (χ2n) is 4.99. The number of aromatic nitrogens is 1. The van der Waals surface area contributed by atoms with Crippen LogP contribution in [0.15, 0.2) is 23.0 Å². The van der Waals surface area contributed by atoms with Gasteiger partial charge in [-0.2, -0.15) is 23.7 Å². The highest BCUT2D eigenvalue weighted by molar-refractivity contribution is 5.81. The largest absolute Gasteiger partial charge is 0.493 e. The van der Waals surface area contributed by atoms with Crippen LogP contribution in [0, 0.1) is 22.7 Å². The molecule has 0 bridgehead atoms. The Kier molecular flexibility index (Phi) is 5.08. The van der Waals surface area contributed by atoms with Gasteiger partial charge in [0, 0.05) is 5.56 Å². The van der Waals surface area contributed by atoms with Gasteiger partial charge < -0.3 is 20.2 Å². The van der Waals surface area contributed by atoms with E-state index in [-0.39, 0.29) is 39.6 Å². The van der Waals surface area contributed by atoms with E-state index >= 15 is 0 Å². The molecule has 10 heteroatoms. The summed E-state index contributed by atoms with van der Waals surface area (Å²) in [4.78, 5) is 14.1. The van der Waals surface area contributed by atoms with Gasteiger partial charge in [0.2, 0.25) is 0 Å². The molecule has 0 atom stereocenters. The minimum Gasteiger partial charge on any atom is -0.493 e. The van der Waals surface area contributed by atoms with Crippen LogP contribution in [0.2, 0.25) is 0 Å². The van der Waals surface area contributed by atoms with Crippen LogP contribution >= 0.6 is 0 Å². The van der Waals surface area contributed by atoms with Crippen molar-refractivity contribution < 1.29 is 22.6 Å². The Morgan fingerprint density at radius 3 is 2.38 bits per heavy atom. The molecule has 0 aliphatic heterocycles. The fourth-order valence-corrected chi connectivity index (χ4v) is 2.23. The van der Waals surface area contributed by atoms with Crippen molar-refractivity contribution in [1.82, 2.24) is 4.98 Å². The number of hydrogen-bond acceptors (Lipinski definition) is 6. The summed E-state index contributed by atoms with van der Waals surface area (Å²) in [5.74, 6) is -0.496. The van der Waals surface area contributed by atoms with Crippen molar-refractivity contribution in [1.29, 1.82) is 10.5 Å². The molecule has 0 unspecified atom stereocenters. The van der Waals surface area contributed by atoms with Crippen molar-refractivity contribution in [2.24, 2.45) is 0 Å². The fraction of sp³-hybridized carbons (Fsp3) is 0.188. The van der Waals surface area contributed by atoms with E-state index in [9.17, 15) is 28.5 Å². The van der Waals surface area contributed by atoms with Crippen LogP contribution in [-0.4, -0.2) is 24.9 Å². The number of nitriles is 2. The van der Waals surface area contributed by atoms with E-state index in [0.29, 0.717) is 0 Å².